The minimum Gasteiger partial charge on any atom is -0.493 e. The number of hydrogen-bond donors (Lipinski definition) is 0. The van der Waals surface area contributed by atoms with E-state index < -0.39 is 0 Å². The number of methoxy groups -OCH3 is 1. The predicted molar refractivity (Wildman–Crippen MR) is 170 cm³/mol. The third kappa shape index (κ3) is 5.80. The minimum atomic E-state index is -0.378. The molecule has 0 atom stereocenters. The summed E-state index contributed by atoms with van der Waals surface area (Å²) in [5.74, 6) is 1.26. The Bertz CT molecular complexity index is 1450. The zero-order chi connectivity index (χ0) is 30.5. The van der Waals surface area contributed by atoms with Gasteiger partial charge < -0.3 is 14.4 Å². The Morgan fingerprint density at radius 3 is 2.00 bits per heavy atom. The normalized spacial score (nSPS) is 22.4. The van der Waals surface area contributed by atoms with Gasteiger partial charge in [0.2, 0.25) is 0 Å². The number of allylic oxidation sites excluding steroid dienone is 4. The summed E-state index contributed by atoms with van der Waals surface area (Å²) >= 11 is 0. The van der Waals surface area contributed by atoms with Gasteiger partial charge in [-0.2, -0.15) is 0 Å². The summed E-state index contributed by atoms with van der Waals surface area (Å²) in [5, 5.41) is 0. The molecule has 0 aromatic heterocycles. The quantitative estimate of drug-likeness (QED) is 0.342. The second-order valence-electron chi connectivity index (χ2n) is 14.9. The highest BCUT2D eigenvalue weighted by atomic mass is 16.5. The van der Waals surface area contributed by atoms with Crippen molar-refractivity contribution >= 4 is 11.6 Å². The molecular weight excluding hydrogens is 534 g/mol. The van der Waals surface area contributed by atoms with Gasteiger partial charge in [-0.15, -0.1) is 0 Å². The molecule has 6 rings (SSSR count). The summed E-state index contributed by atoms with van der Waals surface area (Å²) in [6.45, 7) is 11.4. The van der Waals surface area contributed by atoms with E-state index in [9.17, 15) is 9.59 Å². The second-order valence-corrected chi connectivity index (χ2v) is 14.9. The fourth-order valence-corrected chi connectivity index (χ4v) is 8.06. The van der Waals surface area contributed by atoms with E-state index in [4.69, 9.17) is 9.47 Å². The molecule has 2 aromatic carbocycles. The summed E-state index contributed by atoms with van der Waals surface area (Å²) in [4.78, 5) is 30.9. The van der Waals surface area contributed by atoms with Gasteiger partial charge in [0.15, 0.2) is 23.1 Å². The molecule has 2 aromatic rings. The molecule has 1 saturated carbocycles. The Hall–Kier alpha value is -3.34. The number of ether oxygens (including phenoxy) is 2. The van der Waals surface area contributed by atoms with E-state index in [1.165, 1.54) is 36.2 Å². The van der Waals surface area contributed by atoms with Crippen molar-refractivity contribution in [3.63, 3.8) is 0 Å². The number of carbonyl (C=O) groups excluding carboxylic acids is 2. The lowest BCUT2D eigenvalue weighted by molar-refractivity contribution is -0.119. The van der Waals surface area contributed by atoms with Crippen LogP contribution in [-0.4, -0.2) is 29.6 Å². The molecule has 0 saturated heterocycles. The summed E-state index contributed by atoms with van der Waals surface area (Å²) in [6.07, 6.45) is 8.58. The highest BCUT2D eigenvalue weighted by Crippen LogP contribution is 2.56. The van der Waals surface area contributed by atoms with E-state index in [0.29, 0.717) is 37.0 Å². The molecule has 0 radical (unpaired) electrons. The lowest BCUT2D eigenvalue weighted by atomic mass is 9.63. The Morgan fingerprint density at radius 1 is 0.791 bits per heavy atom. The van der Waals surface area contributed by atoms with Crippen molar-refractivity contribution in [3.05, 3.63) is 81.7 Å². The number of benzene rings is 2. The third-order valence-electron chi connectivity index (χ3n) is 9.89. The van der Waals surface area contributed by atoms with Gasteiger partial charge >= 0.3 is 0 Å². The number of nitrogens with zero attached hydrogens (tertiary/aromatic N) is 1. The maximum Gasteiger partial charge on any atom is 0.162 e. The molecule has 0 unspecified atom stereocenters. The van der Waals surface area contributed by atoms with Crippen LogP contribution in [0.5, 0.6) is 11.5 Å². The number of Topliss-reactive ketones (excluding diaryl/α,β-unsaturated/α-hetero) is 2. The Balaban J connectivity index is 1.47. The number of aryl methyl sites for hydroxylation is 1. The van der Waals surface area contributed by atoms with E-state index in [2.05, 4.69) is 57.7 Å². The van der Waals surface area contributed by atoms with Crippen LogP contribution in [0.15, 0.2) is 65.0 Å². The molecule has 1 fully saturated rings. The molecule has 0 bridgehead atoms. The minimum absolute atomic E-state index is 0.120. The zero-order valence-corrected chi connectivity index (χ0v) is 26.8. The lowest BCUT2D eigenvalue weighted by Gasteiger charge is -2.52. The Labute approximate surface area is 257 Å². The second kappa shape index (κ2) is 11.3. The van der Waals surface area contributed by atoms with Crippen molar-refractivity contribution in [1.82, 2.24) is 4.90 Å². The molecular formula is C38H47NO4. The van der Waals surface area contributed by atoms with Crippen LogP contribution in [0.25, 0.3) is 0 Å². The SMILES string of the molecule is COc1cc(C2C3=C(CC(C)(C)CC3=O)N(C3CCCCC3)C3=C2C(=O)CC(C)(C)C3)ccc1OCc1cccc(C)c1. The standard InChI is InChI=1S/C38H47NO4/c1-24-11-10-12-25(17-24)23-43-32-16-15-26(18-33(32)42-6)34-35-28(19-37(2,3)21-30(35)40)39(27-13-8-7-9-14-27)29-20-38(4,5)22-31(41)36(29)34/h10-12,15-18,27,34H,7-9,13-14,19-23H2,1-6H3. The van der Waals surface area contributed by atoms with E-state index in [1.807, 2.05) is 24.3 Å². The molecule has 0 spiro atoms. The molecule has 3 aliphatic carbocycles. The summed E-state index contributed by atoms with van der Waals surface area (Å²) in [6, 6.07) is 14.6. The van der Waals surface area contributed by atoms with Crippen molar-refractivity contribution in [3.8, 4) is 11.5 Å². The predicted octanol–water partition coefficient (Wildman–Crippen LogP) is 8.60. The largest absolute Gasteiger partial charge is 0.493 e. The van der Waals surface area contributed by atoms with Crippen molar-refractivity contribution in [2.45, 2.75) is 111 Å². The summed E-state index contributed by atoms with van der Waals surface area (Å²) in [7, 11) is 1.66. The van der Waals surface area contributed by atoms with E-state index in [1.54, 1.807) is 7.11 Å². The molecule has 5 nitrogen and oxygen atoms in total. The van der Waals surface area contributed by atoms with Gasteiger partial charge in [-0.25, -0.2) is 0 Å². The van der Waals surface area contributed by atoms with Crippen LogP contribution in [0.4, 0.5) is 0 Å². The molecule has 1 aliphatic heterocycles. The first-order valence-electron chi connectivity index (χ1n) is 16.1. The van der Waals surface area contributed by atoms with Crippen molar-refractivity contribution < 1.29 is 19.1 Å². The van der Waals surface area contributed by atoms with Gasteiger partial charge in [0.1, 0.15) is 6.61 Å². The average Bonchev–Trinajstić information content (AvgIpc) is 2.94. The van der Waals surface area contributed by atoms with Gasteiger partial charge in [0, 0.05) is 47.3 Å². The van der Waals surface area contributed by atoms with Crippen LogP contribution in [0.2, 0.25) is 0 Å². The first-order chi connectivity index (χ1) is 20.5. The summed E-state index contributed by atoms with van der Waals surface area (Å²) in [5.41, 5.74) is 6.99. The Morgan fingerprint density at radius 2 is 1.42 bits per heavy atom. The fourth-order valence-electron chi connectivity index (χ4n) is 8.06. The smallest absolute Gasteiger partial charge is 0.162 e. The van der Waals surface area contributed by atoms with Crippen molar-refractivity contribution in [1.29, 1.82) is 0 Å². The van der Waals surface area contributed by atoms with Crippen LogP contribution in [0.1, 0.15) is 108 Å². The van der Waals surface area contributed by atoms with Crippen LogP contribution < -0.4 is 9.47 Å². The molecule has 1 heterocycles. The number of rotatable bonds is 6. The average molecular weight is 582 g/mol. The van der Waals surface area contributed by atoms with E-state index in [0.717, 1.165) is 48.0 Å². The Kier molecular flexibility index (Phi) is 7.81. The van der Waals surface area contributed by atoms with Crippen LogP contribution in [-0.2, 0) is 16.2 Å². The topological polar surface area (TPSA) is 55.8 Å². The number of ketones is 2. The van der Waals surface area contributed by atoms with Gasteiger partial charge in [-0.3, -0.25) is 9.59 Å². The van der Waals surface area contributed by atoms with Crippen molar-refractivity contribution in [2.24, 2.45) is 10.8 Å². The highest BCUT2D eigenvalue weighted by Gasteiger charge is 2.50. The number of hydrogen-bond acceptors (Lipinski definition) is 5. The van der Waals surface area contributed by atoms with Crippen LogP contribution >= 0.6 is 0 Å². The summed E-state index contributed by atoms with van der Waals surface area (Å²) < 4.78 is 12.1. The van der Waals surface area contributed by atoms with E-state index in [-0.39, 0.29) is 28.3 Å². The fraction of sp³-hybridized carbons (Fsp3) is 0.526. The third-order valence-corrected chi connectivity index (χ3v) is 9.89. The van der Waals surface area contributed by atoms with E-state index >= 15 is 0 Å². The van der Waals surface area contributed by atoms with Gasteiger partial charge in [-0.1, -0.05) is 82.9 Å². The van der Waals surface area contributed by atoms with Gasteiger partial charge in [0.25, 0.3) is 0 Å². The van der Waals surface area contributed by atoms with Crippen LogP contribution in [0.3, 0.4) is 0 Å². The van der Waals surface area contributed by atoms with Gasteiger partial charge in [-0.05, 0) is 66.7 Å². The maximum absolute atomic E-state index is 14.2. The zero-order valence-electron chi connectivity index (χ0n) is 26.8. The molecule has 228 valence electrons. The van der Waals surface area contributed by atoms with Gasteiger partial charge in [0.05, 0.1) is 7.11 Å². The van der Waals surface area contributed by atoms with Crippen LogP contribution in [0, 0.1) is 17.8 Å². The molecule has 0 N–H and O–H groups in total. The molecule has 0 amide bonds. The van der Waals surface area contributed by atoms with Crippen molar-refractivity contribution in [2.75, 3.05) is 7.11 Å². The maximum atomic E-state index is 14.2. The molecule has 5 heteroatoms. The first-order valence-corrected chi connectivity index (χ1v) is 16.1. The monoisotopic (exact) mass is 581 g/mol. The molecule has 43 heavy (non-hydrogen) atoms. The first kappa shape index (κ1) is 29.7. The molecule has 4 aliphatic rings. The lowest BCUT2D eigenvalue weighted by Crippen LogP contribution is -2.48. The number of carbonyl (C=O) groups is 2. The highest BCUT2D eigenvalue weighted by molar-refractivity contribution is 6.06.